The quantitative estimate of drug-likeness (QED) is 0.379. The molecule has 0 aliphatic carbocycles. The first-order valence-corrected chi connectivity index (χ1v) is 7.15. The number of rotatable bonds is 5. The van der Waals surface area contributed by atoms with Crippen molar-refractivity contribution >= 4 is 8.32 Å². The van der Waals surface area contributed by atoms with Gasteiger partial charge in [-0.1, -0.05) is 0 Å². The molecule has 1 saturated heterocycles. The summed E-state index contributed by atoms with van der Waals surface area (Å²) in [5.41, 5.74) is 0. The minimum atomic E-state index is -1.87. The predicted octanol–water partition coefficient (Wildman–Crippen LogP) is 0.599. The molecule has 11 heavy (non-hydrogen) atoms. The molecular weight excluding hydrogens is 160 g/mol. The Morgan fingerprint density at radius 1 is 1.64 bits per heavy atom. The summed E-state index contributed by atoms with van der Waals surface area (Å²) in [5.74, 6) is 0. The Balaban J connectivity index is 1.87. The van der Waals surface area contributed by atoms with Gasteiger partial charge in [-0.3, -0.25) is 0 Å². The summed E-state index contributed by atoms with van der Waals surface area (Å²) in [6, 6.07) is 0.819. The Morgan fingerprint density at radius 2 is 2.27 bits per heavy atom. The van der Waals surface area contributed by atoms with Crippen LogP contribution in [-0.4, -0.2) is 39.0 Å². The van der Waals surface area contributed by atoms with Gasteiger partial charge < -0.3 is 14.3 Å². The second kappa shape index (κ2) is 3.67. The zero-order valence-electron chi connectivity index (χ0n) is 7.17. The summed E-state index contributed by atoms with van der Waals surface area (Å²) >= 11 is 0. The Morgan fingerprint density at radius 3 is 2.73 bits per heavy atom. The van der Waals surface area contributed by atoms with Crippen LogP contribution in [0.4, 0.5) is 0 Å². The highest BCUT2D eigenvalue weighted by molar-refractivity contribution is 6.69. The van der Waals surface area contributed by atoms with E-state index in [4.69, 9.17) is 9.47 Å². The normalized spacial score (nSPS) is 23.7. The van der Waals surface area contributed by atoms with Gasteiger partial charge in [0, 0.05) is 6.61 Å². The lowest BCUT2D eigenvalue weighted by Crippen LogP contribution is -2.26. The second-order valence-electron chi connectivity index (χ2n) is 3.59. The molecule has 1 N–H and O–H groups in total. The van der Waals surface area contributed by atoms with Crippen LogP contribution in [0.25, 0.3) is 0 Å². The fourth-order valence-electron chi connectivity index (χ4n) is 0.701. The maximum Gasteiger partial charge on any atom is 0.184 e. The van der Waals surface area contributed by atoms with Crippen molar-refractivity contribution in [3.8, 4) is 0 Å². The highest BCUT2D eigenvalue weighted by atomic mass is 28.4. The molecule has 0 aromatic rings. The molecule has 0 saturated carbocycles. The standard InChI is InChI=1S/C7H16O3Si/c1-11(2,8)4-3-9-5-7-6-10-7/h7-8H,3-6H2,1-2H3. The van der Waals surface area contributed by atoms with Crippen molar-refractivity contribution in [1.29, 1.82) is 0 Å². The molecule has 0 aromatic carbocycles. The summed E-state index contributed by atoms with van der Waals surface area (Å²) in [6.45, 7) is 6.06. The van der Waals surface area contributed by atoms with Crippen LogP contribution in [0.2, 0.25) is 19.1 Å². The molecule has 0 amide bonds. The van der Waals surface area contributed by atoms with E-state index in [1.54, 1.807) is 0 Å². The van der Waals surface area contributed by atoms with Gasteiger partial charge in [0.15, 0.2) is 8.32 Å². The Kier molecular flexibility index (Phi) is 3.06. The van der Waals surface area contributed by atoms with E-state index in [9.17, 15) is 4.80 Å². The van der Waals surface area contributed by atoms with Crippen molar-refractivity contribution < 1.29 is 14.3 Å². The molecule has 4 heteroatoms. The Hall–Kier alpha value is 0.0969. The van der Waals surface area contributed by atoms with Gasteiger partial charge in [0.25, 0.3) is 0 Å². The zero-order valence-corrected chi connectivity index (χ0v) is 8.17. The minimum absolute atomic E-state index is 0.346. The van der Waals surface area contributed by atoms with Crippen LogP contribution in [0.1, 0.15) is 0 Å². The van der Waals surface area contributed by atoms with E-state index >= 15 is 0 Å². The summed E-state index contributed by atoms with van der Waals surface area (Å²) in [6.07, 6.45) is 0.346. The van der Waals surface area contributed by atoms with Crippen LogP contribution in [0.3, 0.4) is 0 Å². The molecule has 66 valence electrons. The molecule has 1 heterocycles. The van der Waals surface area contributed by atoms with Crippen LogP contribution in [0.15, 0.2) is 0 Å². The van der Waals surface area contributed by atoms with Crippen LogP contribution in [0, 0.1) is 0 Å². The van der Waals surface area contributed by atoms with Crippen molar-refractivity contribution in [2.45, 2.75) is 25.2 Å². The summed E-state index contributed by atoms with van der Waals surface area (Å²) in [7, 11) is -1.87. The van der Waals surface area contributed by atoms with E-state index in [0.717, 1.165) is 12.7 Å². The molecule has 3 nitrogen and oxygen atoms in total. The summed E-state index contributed by atoms with van der Waals surface area (Å²) in [4.78, 5) is 9.43. The lowest BCUT2D eigenvalue weighted by atomic mass is 10.5. The first kappa shape index (κ1) is 9.19. The average molecular weight is 176 g/mol. The molecule has 1 aliphatic rings. The van der Waals surface area contributed by atoms with Crippen molar-refractivity contribution in [3.05, 3.63) is 0 Å². The second-order valence-corrected chi connectivity index (χ2v) is 7.72. The first-order chi connectivity index (χ1) is 5.08. The van der Waals surface area contributed by atoms with Crippen molar-refractivity contribution in [2.24, 2.45) is 0 Å². The molecule has 1 aliphatic heterocycles. The van der Waals surface area contributed by atoms with Crippen LogP contribution in [0.5, 0.6) is 0 Å². The van der Waals surface area contributed by atoms with Gasteiger partial charge in [-0.25, -0.2) is 0 Å². The van der Waals surface area contributed by atoms with E-state index in [1.807, 2.05) is 13.1 Å². The van der Waals surface area contributed by atoms with Gasteiger partial charge in [-0.15, -0.1) is 0 Å². The summed E-state index contributed by atoms with van der Waals surface area (Å²) in [5, 5.41) is 0. The number of ether oxygens (including phenoxy) is 2. The maximum atomic E-state index is 9.43. The molecule has 0 spiro atoms. The van der Waals surface area contributed by atoms with E-state index < -0.39 is 8.32 Å². The largest absolute Gasteiger partial charge is 0.432 e. The van der Waals surface area contributed by atoms with Gasteiger partial charge in [0.05, 0.1) is 13.2 Å². The molecule has 1 rings (SSSR count). The Bertz CT molecular complexity index is 117. The van der Waals surface area contributed by atoms with E-state index in [0.29, 0.717) is 19.3 Å². The lowest BCUT2D eigenvalue weighted by Gasteiger charge is -2.12. The highest BCUT2D eigenvalue weighted by Gasteiger charge is 2.23. The Labute approximate surface area is 68.4 Å². The lowest BCUT2D eigenvalue weighted by molar-refractivity contribution is 0.126. The van der Waals surface area contributed by atoms with Gasteiger partial charge in [-0.05, 0) is 19.1 Å². The molecular formula is C7H16O3Si. The fraction of sp³-hybridized carbons (Fsp3) is 1.00. The van der Waals surface area contributed by atoms with Crippen molar-refractivity contribution in [2.75, 3.05) is 19.8 Å². The van der Waals surface area contributed by atoms with Gasteiger partial charge >= 0.3 is 0 Å². The number of hydrogen-bond acceptors (Lipinski definition) is 3. The van der Waals surface area contributed by atoms with Crippen molar-refractivity contribution in [1.82, 2.24) is 0 Å². The van der Waals surface area contributed by atoms with Crippen LogP contribution in [-0.2, 0) is 9.47 Å². The maximum absolute atomic E-state index is 9.43. The van der Waals surface area contributed by atoms with E-state index in [-0.39, 0.29) is 0 Å². The zero-order chi connectivity index (χ0) is 8.32. The molecule has 1 unspecified atom stereocenters. The smallest absolute Gasteiger partial charge is 0.184 e. The molecule has 1 fully saturated rings. The van der Waals surface area contributed by atoms with Crippen LogP contribution >= 0.6 is 0 Å². The third-order valence-corrected chi connectivity index (χ3v) is 2.99. The third kappa shape index (κ3) is 5.38. The van der Waals surface area contributed by atoms with Gasteiger partial charge in [0.1, 0.15) is 6.10 Å². The first-order valence-electron chi connectivity index (χ1n) is 4.00. The van der Waals surface area contributed by atoms with Crippen LogP contribution < -0.4 is 0 Å². The fourth-order valence-corrected chi connectivity index (χ4v) is 1.34. The summed E-state index contributed by atoms with van der Waals surface area (Å²) < 4.78 is 10.2. The predicted molar refractivity (Wildman–Crippen MR) is 45.1 cm³/mol. The topological polar surface area (TPSA) is 42.0 Å². The number of epoxide rings is 1. The average Bonchev–Trinajstić information content (AvgIpc) is 2.60. The van der Waals surface area contributed by atoms with E-state index in [1.165, 1.54) is 0 Å². The molecule has 0 bridgehead atoms. The monoisotopic (exact) mass is 176 g/mol. The number of hydrogen-bond donors (Lipinski definition) is 1. The van der Waals surface area contributed by atoms with Gasteiger partial charge in [0.2, 0.25) is 0 Å². The van der Waals surface area contributed by atoms with Crippen molar-refractivity contribution in [3.63, 3.8) is 0 Å². The SMILES string of the molecule is C[Si](C)(O)CCOCC1CO1. The minimum Gasteiger partial charge on any atom is -0.432 e. The molecule has 1 atom stereocenters. The van der Waals surface area contributed by atoms with Gasteiger partial charge in [-0.2, -0.15) is 0 Å². The highest BCUT2D eigenvalue weighted by Crippen LogP contribution is 2.10. The molecule has 0 radical (unpaired) electrons. The van der Waals surface area contributed by atoms with E-state index in [2.05, 4.69) is 0 Å². The third-order valence-electron chi connectivity index (χ3n) is 1.56. The molecule has 0 aromatic heterocycles.